The van der Waals surface area contributed by atoms with Crippen LogP contribution in [0.4, 0.5) is 0 Å². The summed E-state index contributed by atoms with van der Waals surface area (Å²) in [5, 5.41) is 2.61. The molecule has 0 radical (unpaired) electrons. The molecule has 3 rings (SSSR count). The van der Waals surface area contributed by atoms with Gasteiger partial charge in [-0.2, -0.15) is 0 Å². The minimum absolute atomic E-state index is 0.0639. The first kappa shape index (κ1) is 17.5. The SMILES string of the molecule is CN(Cc1ccccc1Cl)C(=O)c1ccc(OCc2cscn2)cc1. The summed E-state index contributed by atoms with van der Waals surface area (Å²) < 4.78 is 5.66. The van der Waals surface area contributed by atoms with E-state index >= 15 is 0 Å². The molecule has 3 aromatic rings. The summed E-state index contributed by atoms with van der Waals surface area (Å²) in [7, 11) is 1.76. The molecule has 0 aliphatic carbocycles. The van der Waals surface area contributed by atoms with Gasteiger partial charge in [0.25, 0.3) is 5.91 Å². The third-order valence-corrected chi connectivity index (χ3v) is 4.69. The number of benzene rings is 2. The number of halogens is 1. The molecule has 0 unspecified atom stereocenters. The van der Waals surface area contributed by atoms with E-state index in [0.29, 0.717) is 29.5 Å². The average Bonchev–Trinajstić information content (AvgIpc) is 3.15. The summed E-state index contributed by atoms with van der Waals surface area (Å²) in [4.78, 5) is 18.4. The van der Waals surface area contributed by atoms with Crippen LogP contribution in [-0.4, -0.2) is 22.8 Å². The largest absolute Gasteiger partial charge is 0.487 e. The number of carbonyl (C=O) groups excluding carboxylic acids is 1. The molecule has 6 heteroatoms. The van der Waals surface area contributed by atoms with Gasteiger partial charge in [0.15, 0.2) is 0 Å². The molecule has 0 spiro atoms. The predicted molar refractivity (Wildman–Crippen MR) is 100 cm³/mol. The van der Waals surface area contributed by atoms with E-state index in [9.17, 15) is 4.79 Å². The zero-order valence-electron chi connectivity index (χ0n) is 13.7. The Morgan fingerprint density at radius 3 is 2.64 bits per heavy atom. The van der Waals surface area contributed by atoms with Crippen molar-refractivity contribution in [1.82, 2.24) is 9.88 Å². The van der Waals surface area contributed by atoms with Crippen molar-refractivity contribution in [1.29, 1.82) is 0 Å². The molecule has 1 heterocycles. The summed E-state index contributed by atoms with van der Waals surface area (Å²) in [6, 6.07) is 14.6. The minimum atomic E-state index is -0.0639. The molecule has 0 atom stereocenters. The van der Waals surface area contributed by atoms with E-state index in [1.165, 1.54) is 11.3 Å². The van der Waals surface area contributed by atoms with Gasteiger partial charge < -0.3 is 9.64 Å². The van der Waals surface area contributed by atoms with Crippen LogP contribution in [0.2, 0.25) is 5.02 Å². The molecule has 0 saturated carbocycles. The van der Waals surface area contributed by atoms with Crippen molar-refractivity contribution in [2.45, 2.75) is 13.2 Å². The summed E-state index contributed by atoms with van der Waals surface area (Å²) in [6.45, 7) is 0.879. The number of ether oxygens (including phenoxy) is 1. The summed E-state index contributed by atoms with van der Waals surface area (Å²) in [5.74, 6) is 0.643. The van der Waals surface area contributed by atoms with E-state index in [2.05, 4.69) is 4.98 Å². The number of rotatable bonds is 6. The first-order valence-corrected chi connectivity index (χ1v) is 9.04. The Bertz CT molecular complexity index is 835. The molecular weight excluding hydrogens is 356 g/mol. The Kier molecular flexibility index (Phi) is 5.68. The smallest absolute Gasteiger partial charge is 0.253 e. The van der Waals surface area contributed by atoms with Gasteiger partial charge in [0.05, 0.1) is 11.2 Å². The first-order valence-electron chi connectivity index (χ1n) is 7.72. The molecule has 1 aromatic heterocycles. The van der Waals surface area contributed by atoms with Gasteiger partial charge in [-0.05, 0) is 35.9 Å². The summed E-state index contributed by atoms with van der Waals surface area (Å²) in [5.41, 5.74) is 4.19. The lowest BCUT2D eigenvalue weighted by atomic mass is 10.1. The zero-order chi connectivity index (χ0) is 17.6. The number of nitrogens with zero attached hydrogens (tertiary/aromatic N) is 2. The lowest BCUT2D eigenvalue weighted by molar-refractivity contribution is 0.0785. The van der Waals surface area contributed by atoms with Crippen molar-refractivity contribution in [3.8, 4) is 5.75 Å². The maximum absolute atomic E-state index is 12.5. The topological polar surface area (TPSA) is 42.4 Å². The summed E-state index contributed by atoms with van der Waals surface area (Å²) in [6.07, 6.45) is 0. The summed E-state index contributed by atoms with van der Waals surface area (Å²) >= 11 is 7.69. The first-order chi connectivity index (χ1) is 12.1. The molecule has 128 valence electrons. The van der Waals surface area contributed by atoms with E-state index < -0.39 is 0 Å². The molecule has 2 aromatic carbocycles. The normalized spacial score (nSPS) is 10.5. The van der Waals surface area contributed by atoms with E-state index in [4.69, 9.17) is 16.3 Å². The highest BCUT2D eigenvalue weighted by atomic mass is 35.5. The molecule has 0 aliphatic rings. The molecule has 4 nitrogen and oxygen atoms in total. The number of hydrogen-bond donors (Lipinski definition) is 0. The van der Waals surface area contributed by atoms with Gasteiger partial charge in [-0.15, -0.1) is 11.3 Å². The fraction of sp³-hybridized carbons (Fsp3) is 0.158. The van der Waals surface area contributed by atoms with Crippen LogP contribution in [-0.2, 0) is 13.2 Å². The monoisotopic (exact) mass is 372 g/mol. The van der Waals surface area contributed by atoms with Gasteiger partial charge in [-0.25, -0.2) is 4.98 Å². The van der Waals surface area contributed by atoms with Gasteiger partial charge in [-0.1, -0.05) is 29.8 Å². The van der Waals surface area contributed by atoms with Crippen LogP contribution in [0.5, 0.6) is 5.75 Å². The van der Waals surface area contributed by atoms with Crippen LogP contribution in [0.25, 0.3) is 0 Å². The van der Waals surface area contributed by atoms with Crippen molar-refractivity contribution in [3.05, 3.63) is 81.3 Å². The Morgan fingerprint density at radius 1 is 1.20 bits per heavy atom. The number of amides is 1. The third-order valence-electron chi connectivity index (χ3n) is 3.68. The fourth-order valence-corrected chi connectivity index (χ4v) is 3.07. The van der Waals surface area contributed by atoms with Crippen LogP contribution in [0.3, 0.4) is 0 Å². The maximum Gasteiger partial charge on any atom is 0.253 e. The van der Waals surface area contributed by atoms with Crippen LogP contribution >= 0.6 is 22.9 Å². The second-order valence-corrected chi connectivity index (χ2v) is 6.67. The highest BCUT2D eigenvalue weighted by Gasteiger charge is 2.13. The van der Waals surface area contributed by atoms with Crippen LogP contribution in [0, 0.1) is 0 Å². The van der Waals surface area contributed by atoms with Crippen molar-refractivity contribution in [2.75, 3.05) is 7.05 Å². The lowest BCUT2D eigenvalue weighted by Gasteiger charge is -2.18. The number of carbonyl (C=O) groups is 1. The third kappa shape index (κ3) is 4.59. The highest BCUT2D eigenvalue weighted by Crippen LogP contribution is 2.19. The molecular formula is C19H17ClN2O2S. The highest BCUT2D eigenvalue weighted by molar-refractivity contribution is 7.07. The molecule has 0 fully saturated rings. The van der Waals surface area contributed by atoms with Crippen LogP contribution in [0.15, 0.2) is 59.4 Å². The van der Waals surface area contributed by atoms with Crippen molar-refractivity contribution in [3.63, 3.8) is 0 Å². The van der Waals surface area contributed by atoms with Crippen molar-refractivity contribution in [2.24, 2.45) is 0 Å². The van der Waals surface area contributed by atoms with Crippen LogP contribution in [0.1, 0.15) is 21.6 Å². The zero-order valence-corrected chi connectivity index (χ0v) is 15.3. The Balaban J connectivity index is 1.61. The Hall–Kier alpha value is -2.37. The quantitative estimate of drug-likeness (QED) is 0.632. The molecule has 0 N–H and O–H groups in total. The molecule has 25 heavy (non-hydrogen) atoms. The minimum Gasteiger partial charge on any atom is -0.487 e. The van der Waals surface area contributed by atoms with Gasteiger partial charge in [0, 0.05) is 29.6 Å². The molecule has 0 aliphatic heterocycles. The number of hydrogen-bond acceptors (Lipinski definition) is 4. The van der Waals surface area contributed by atoms with Gasteiger partial charge in [0.2, 0.25) is 0 Å². The lowest BCUT2D eigenvalue weighted by Crippen LogP contribution is -2.26. The van der Waals surface area contributed by atoms with Crippen LogP contribution < -0.4 is 4.74 Å². The number of thiazole rings is 1. The van der Waals surface area contributed by atoms with E-state index in [1.807, 2.05) is 29.6 Å². The van der Waals surface area contributed by atoms with Crippen molar-refractivity contribution >= 4 is 28.8 Å². The van der Waals surface area contributed by atoms with E-state index in [-0.39, 0.29) is 5.91 Å². The standard InChI is InChI=1S/C19H17ClN2O2S/c1-22(10-15-4-2-3-5-18(15)20)19(23)14-6-8-17(9-7-14)24-11-16-12-25-13-21-16/h2-9,12-13H,10-11H2,1H3. The second kappa shape index (κ2) is 8.14. The average molecular weight is 373 g/mol. The Morgan fingerprint density at radius 2 is 1.96 bits per heavy atom. The van der Waals surface area contributed by atoms with Crippen molar-refractivity contribution < 1.29 is 9.53 Å². The Labute approximate surface area is 155 Å². The molecule has 1 amide bonds. The molecule has 0 bridgehead atoms. The number of aromatic nitrogens is 1. The second-order valence-electron chi connectivity index (χ2n) is 5.55. The predicted octanol–water partition coefficient (Wildman–Crippen LogP) is 4.65. The fourth-order valence-electron chi connectivity index (χ4n) is 2.33. The van der Waals surface area contributed by atoms with Gasteiger partial charge in [0.1, 0.15) is 12.4 Å². The van der Waals surface area contributed by atoms with E-state index in [0.717, 1.165) is 11.3 Å². The molecule has 0 saturated heterocycles. The van der Waals surface area contributed by atoms with E-state index in [1.54, 1.807) is 41.7 Å². The van der Waals surface area contributed by atoms with Gasteiger partial charge in [-0.3, -0.25) is 4.79 Å². The van der Waals surface area contributed by atoms with Gasteiger partial charge >= 0.3 is 0 Å². The maximum atomic E-state index is 12.5.